The second-order valence-corrected chi connectivity index (χ2v) is 5.37. The van der Waals surface area contributed by atoms with Gasteiger partial charge in [0.1, 0.15) is 0 Å². The van der Waals surface area contributed by atoms with Crippen molar-refractivity contribution in [1.82, 2.24) is 9.97 Å². The molecule has 120 valence electrons. The Hall–Kier alpha value is -2.32. The van der Waals surface area contributed by atoms with Crippen molar-refractivity contribution in [3.05, 3.63) is 34.9 Å². The average molecular weight is 354 g/mol. The summed E-state index contributed by atoms with van der Waals surface area (Å²) in [6.07, 6.45) is 0. The van der Waals surface area contributed by atoms with Crippen LogP contribution in [0.1, 0.15) is 10.4 Å². The molecule has 0 amide bonds. The molecule has 0 spiro atoms. The quantitative estimate of drug-likeness (QED) is 0.341. The highest BCUT2D eigenvalue weighted by Gasteiger charge is 2.19. The van der Waals surface area contributed by atoms with E-state index >= 15 is 0 Å². The number of benzene rings is 1. The van der Waals surface area contributed by atoms with Crippen LogP contribution in [0.2, 0.25) is 5.02 Å². The lowest BCUT2D eigenvalue weighted by atomic mass is 10.2. The van der Waals surface area contributed by atoms with Gasteiger partial charge in [-0.05, 0) is 23.9 Å². The molecule has 2 aromatic rings. The van der Waals surface area contributed by atoms with Crippen molar-refractivity contribution >= 4 is 36.0 Å². The number of aromatic nitrogens is 2. The number of hydrogen-bond donors (Lipinski definition) is 0. The first-order valence-corrected chi connectivity index (χ1v) is 7.39. The van der Waals surface area contributed by atoms with E-state index in [4.69, 9.17) is 21.1 Å². The third kappa shape index (κ3) is 4.11. The number of oxime groups is 1. The lowest BCUT2D eigenvalue weighted by molar-refractivity contribution is 0.0517. The zero-order valence-electron chi connectivity index (χ0n) is 12.3. The molecule has 1 aromatic carbocycles. The van der Waals surface area contributed by atoms with Crippen LogP contribution in [0.4, 0.5) is 0 Å². The summed E-state index contributed by atoms with van der Waals surface area (Å²) in [4.78, 5) is 25.4. The lowest BCUT2D eigenvalue weighted by Crippen LogP contribution is -2.04. The maximum atomic E-state index is 12.0. The monoisotopic (exact) mass is 353 g/mol. The van der Waals surface area contributed by atoms with Gasteiger partial charge in [-0.1, -0.05) is 22.8 Å². The molecule has 0 N–H and O–H groups in total. The van der Waals surface area contributed by atoms with E-state index in [1.54, 1.807) is 24.3 Å². The Labute approximate surface area is 141 Å². The van der Waals surface area contributed by atoms with Crippen molar-refractivity contribution in [2.45, 2.75) is 10.1 Å². The first-order chi connectivity index (χ1) is 11.1. The second kappa shape index (κ2) is 7.80. The molecule has 0 fully saturated rings. The first kappa shape index (κ1) is 17.0. The van der Waals surface area contributed by atoms with Gasteiger partial charge in [0.2, 0.25) is 11.8 Å². The van der Waals surface area contributed by atoms with Crippen LogP contribution in [-0.2, 0) is 4.84 Å². The Kier molecular flexibility index (Phi) is 5.78. The zero-order chi connectivity index (χ0) is 16.8. The van der Waals surface area contributed by atoms with E-state index in [-0.39, 0.29) is 10.6 Å². The van der Waals surface area contributed by atoms with Gasteiger partial charge in [-0.2, -0.15) is 9.97 Å². The summed E-state index contributed by atoms with van der Waals surface area (Å²) in [6.45, 7) is 3.11. The van der Waals surface area contributed by atoms with Crippen molar-refractivity contribution in [2.24, 2.45) is 5.16 Å². The summed E-state index contributed by atoms with van der Waals surface area (Å²) in [7, 11) is 2.96. The molecule has 0 bridgehead atoms. The van der Waals surface area contributed by atoms with Gasteiger partial charge in [0.05, 0.1) is 30.9 Å². The number of methoxy groups -OCH3 is 2. The van der Waals surface area contributed by atoms with Gasteiger partial charge in [-0.25, -0.2) is 4.79 Å². The second-order valence-electron chi connectivity index (χ2n) is 3.96. The number of carbonyl (C=O) groups is 1. The van der Waals surface area contributed by atoms with Gasteiger partial charge >= 0.3 is 5.97 Å². The Morgan fingerprint density at radius 1 is 1.26 bits per heavy atom. The van der Waals surface area contributed by atoms with E-state index < -0.39 is 5.97 Å². The summed E-state index contributed by atoms with van der Waals surface area (Å²) in [5.74, 6) is -0.0560. The van der Waals surface area contributed by atoms with Crippen molar-refractivity contribution in [2.75, 3.05) is 14.2 Å². The van der Waals surface area contributed by atoms with Gasteiger partial charge in [0.25, 0.3) is 0 Å². The van der Waals surface area contributed by atoms with Crippen LogP contribution in [0.3, 0.4) is 0 Å². The molecule has 0 unspecified atom stereocenters. The van der Waals surface area contributed by atoms with Crippen LogP contribution in [0.15, 0.2) is 39.5 Å². The van der Waals surface area contributed by atoms with E-state index in [0.29, 0.717) is 21.8 Å². The molecule has 1 aromatic heterocycles. The first-order valence-electron chi connectivity index (χ1n) is 6.19. The fourth-order valence-electron chi connectivity index (χ4n) is 1.63. The highest BCUT2D eigenvalue weighted by atomic mass is 35.5. The summed E-state index contributed by atoms with van der Waals surface area (Å²) in [5.41, 5.74) is 0.150. The number of rotatable bonds is 6. The van der Waals surface area contributed by atoms with Gasteiger partial charge in [-0.15, -0.1) is 0 Å². The molecule has 0 aliphatic heterocycles. The molecule has 0 aliphatic carbocycles. The van der Waals surface area contributed by atoms with Crippen LogP contribution in [0, 0.1) is 0 Å². The number of halogens is 1. The smallest absolute Gasteiger partial charge is 0.368 e. The third-order valence-corrected chi connectivity index (χ3v) is 3.85. The summed E-state index contributed by atoms with van der Waals surface area (Å²) >= 11 is 7.19. The van der Waals surface area contributed by atoms with E-state index in [9.17, 15) is 4.79 Å². The third-order valence-electron chi connectivity index (χ3n) is 2.61. The van der Waals surface area contributed by atoms with E-state index in [0.717, 1.165) is 11.8 Å². The van der Waals surface area contributed by atoms with Gasteiger partial charge in [-0.3, -0.25) is 0 Å². The minimum absolute atomic E-state index is 0.150. The molecule has 0 saturated carbocycles. The Balaban J connectivity index is 2.42. The number of nitrogens with zero attached hydrogens (tertiary/aromatic N) is 3. The molecule has 0 radical (unpaired) electrons. The van der Waals surface area contributed by atoms with Crippen molar-refractivity contribution < 1.29 is 19.1 Å². The normalized spacial score (nSPS) is 10.0. The molecule has 9 heteroatoms. The van der Waals surface area contributed by atoms with Gasteiger partial charge < -0.3 is 14.3 Å². The number of carbonyl (C=O) groups excluding carboxylic acids is 1. The molecular weight excluding hydrogens is 342 g/mol. The standard InChI is InChI=1S/C14H12ClN3O4S/c1-16-22-13(19)12-8(15)5-4-6-9(12)23-14-17-10(20-2)7-11(18-14)21-3/h4-7H,1H2,2-3H3. The maximum Gasteiger partial charge on any atom is 0.368 e. The fourth-order valence-corrected chi connectivity index (χ4v) is 2.85. The minimum Gasteiger partial charge on any atom is -0.481 e. The maximum absolute atomic E-state index is 12.0. The molecule has 2 rings (SSSR count). The molecule has 1 heterocycles. The van der Waals surface area contributed by atoms with Crippen LogP contribution in [0.5, 0.6) is 11.8 Å². The Morgan fingerprint density at radius 3 is 2.48 bits per heavy atom. The molecular formula is C14H12ClN3O4S. The highest BCUT2D eigenvalue weighted by Crippen LogP contribution is 2.34. The van der Waals surface area contributed by atoms with E-state index in [1.165, 1.54) is 14.2 Å². The number of ether oxygens (including phenoxy) is 2. The zero-order valence-corrected chi connectivity index (χ0v) is 13.8. The van der Waals surface area contributed by atoms with E-state index in [2.05, 4.69) is 26.7 Å². The molecule has 0 aliphatic rings. The van der Waals surface area contributed by atoms with Gasteiger partial charge in [0, 0.05) is 11.6 Å². The molecule has 23 heavy (non-hydrogen) atoms. The highest BCUT2D eigenvalue weighted by molar-refractivity contribution is 7.99. The summed E-state index contributed by atoms with van der Waals surface area (Å²) in [5, 5.41) is 3.66. The Morgan fingerprint density at radius 2 is 1.91 bits per heavy atom. The topological polar surface area (TPSA) is 82.9 Å². The SMILES string of the molecule is C=NOC(=O)c1c(Cl)cccc1Sc1nc(OC)cc(OC)n1. The predicted molar refractivity (Wildman–Crippen MR) is 85.7 cm³/mol. The van der Waals surface area contributed by atoms with Crippen molar-refractivity contribution in [3.8, 4) is 11.8 Å². The van der Waals surface area contributed by atoms with Gasteiger partial charge in [0.15, 0.2) is 5.16 Å². The minimum atomic E-state index is -0.719. The van der Waals surface area contributed by atoms with Crippen LogP contribution < -0.4 is 9.47 Å². The lowest BCUT2D eigenvalue weighted by Gasteiger charge is -2.09. The predicted octanol–water partition coefficient (Wildman–Crippen LogP) is 3.07. The van der Waals surface area contributed by atoms with Crippen LogP contribution in [0.25, 0.3) is 0 Å². The average Bonchev–Trinajstić information content (AvgIpc) is 2.54. The molecule has 7 nitrogen and oxygen atoms in total. The fraction of sp³-hybridized carbons (Fsp3) is 0.143. The van der Waals surface area contributed by atoms with Crippen LogP contribution >= 0.6 is 23.4 Å². The van der Waals surface area contributed by atoms with E-state index in [1.807, 2.05) is 0 Å². The van der Waals surface area contributed by atoms with Crippen LogP contribution in [-0.4, -0.2) is 36.9 Å². The molecule has 0 atom stereocenters. The van der Waals surface area contributed by atoms with Crippen molar-refractivity contribution in [3.63, 3.8) is 0 Å². The number of hydrogen-bond acceptors (Lipinski definition) is 8. The summed E-state index contributed by atoms with van der Waals surface area (Å²) in [6, 6.07) is 6.49. The van der Waals surface area contributed by atoms with Crippen molar-refractivity contribution in [1.29, 1.82) is 0 Å². The molecule has 0 saturated heterocycles. The Bertz CT molecular complexity index is 720. The largest absolute Gasteiger partial charge is 0.481 e. The summed E-state index contributed by atoms with van der Waals surface area (Å²) < 4.78 is 10.2.